The van der Waals surface area contributed by atoms with Crippen molar-refractivity contribution in [3.05, 3.63) is 29.1 Å². The summed E-state index contributed by atoms with van der Waals surface area (Å²) in [5.41, 5.74) is 0.196. The van der Waals surface area contributed by atoms with E-state index in [9.17, 15) is 9.18 Å². The summed E-state index contributed by atoms with van der Waals surface area (Å²) in [6.07, 6.45) is 0. The van der Waals surface area contributed by atoms with Gasteiger partial charge in [0, 0.05) is 5.56 Å². The van der Waals surface area contributed by atoms with Gasteiger partial charge in [-0.2, -0.15) is 5.26 Å². The lowest BCUT2D eigenvalue weighted by Gasteiger charge is -2.05. The Morgan fingerprint density at radius 2 is 2.21 bits per heavy atom. The Bertz CT molecular complexity index is 421. The quantitative estimate of drug-likeness (QED) is 0.674. The van der Waals surface area contributed by atoms with Crippen LogP contribution in [-0.2, 0) is 0 Å². The lowest BCUT2D eigenvalue weighted by atomic mass is 10.0. The number of nitrogens with zero attached hydrogens (tertiary/aromatic N) is 1. The number of nitriles is 1. The molecule has 0 amide bonds. The van der Waals surface area contributed by atoms with Gasteiger partial charge in [-0.3, -0.25) is 4.79 Å². The Hall–Kier alpha value is -1.89. The van der Waals surface area contributed by atoms with Crippen molar-refractivity contribution < 1.29 is 13.9 Å². The summed E-state index contributed by atoms with van der Waals surface area (Å²) in [6.45, 7) is 1.31. The van der Waals surface area contributed by atoms with E-state index < -0.39 is 5.82 Å². The minimum atomic E-state index is -0.644. The van der Waals surface area contributed by atoms with Crippen LogP contribution >= 0.6 is 0 Å². The fourth-order valence-corrected chi connectivity index (χ4v) is 1.09. The van der Waals surface area contributed by atoms with Crippen LogP contribution in [-0.4, -0.2) is 12.9 Å². The molecule has 1 rings (SSSR count). The molecule has 0 radical (unpaired) electrons. The molecule has 0 aromatic heterocycles. The summed E-state index contributed by atoms with van der Waals surface area (Å²) in [7, 11) is 1.30. The molecule has 1 aromatic carbocycles. The van der Waals surface area contributed by atoms with E-state index in [0.29, 0.717) is 0 Å². The number of benzene rings is 1. The molecule has 0 bridgehead atoms. The van der Waals surface area contributed by atoms with E-state index in [1.54, 1.807) is 6.07 Å². The Balaban J connectivity index is 3.42. The zero-order chi connectivity index (χ0) is 10.7. The highest BCUT2D eigenvalue weighted by Crippen LogP contribution is 2.22. The summed E-state index contributed by atoms with van der Waals surface area (Å²) in [6, 6.07) is 3.98. The molecule has 0 unspecified atom stereocenters. The third-order valence-corrected chi connectivity index (χ3v) is 1.79. The van der Waals surface area contributed by atoms with Crippen LogP contribution in [0.4, 0.5) is 4.39 Å². The molecule has 0 fully saturated rings. The predicted molar refractivity (Wildman–Crippen MR) is 47.7 cm³/mol. The molecule has 0 spiro atoms. The van der Waals surface area contributed by atoms with E-state index in [1.165, 1.54) is 20.1 Å². The average Bonchev–Trinajstić information content (AvgIpc) is 2.16. The summed E-state index contributed by atoms with van der Waals surface area (Å²) in [5, 5.41) is 8.65. The van der Waals surface area contributed by atoms with Crippen LogP contribution in [0.5, 0.6) is 5.75 Å². The molecule has 3 nitrogen and oxygen atoms in total. The van der Waals surface area contributed by atoms with Gasteiger partial charge < -0.3 is 4.74 Å². The maximum atomic E-state index is 13.1. The fraction of sp³-hybridized carbons (Fsp3) is 0.200. The monoisotopic (exact) mass is 193 g/mol. The highest BCUT2D eigenvalue weighted by Gasteiger charge is 2.12. The number of ether oxygens (including phenoxy) is 1. The van der Waals surface area contributed by atoms with E-state index in [-0.39, 0.29) is 22.7 Å². The first-order valence-electron chi connectivity index (χ1n) is 3.88. The van der Waals surface area contributed by atoms with Crippen LogP contribution in [0.15, 0.2) is 12.1 Å². The van der Waals surface area contributed by atoms with Crippen molar-refractivity contribution in [1.82, 2.24) is 0 Å². The molecule has 0 saturated heterocycles. The van der Waals surface area contributed by atoms with Crippen molar-refractivity contribution in [2.24, 2.45) is 0 Å². The van der Waals surface area contributed by atoms with Crippen molar-refractivity contribution in [3.8, 4) is 11.8 Å². The highest BCUT2D eigenvalue weighted by atomic mass is 19.1. The number of ketones is 1. The molecule has 0 aliphatic rings. The van der Waals surface area contributed by atoms with Crippen molar-refractivity contribution in [2.45, 2.75) is 6.92 Å². The molecular formula is C10H8FNO2. The zero-order valence-electron chi connectivity index (χ0n) is 7.80. The first-order chi connectivity index (χ1) is 6.60. The van der Waals surface area contributed by atoms with E-state index in [2.05, 4.69) is 0 Å². The van der Waals surface area contributed by atoms with Crippen LogP contribution in [0.3, 0.4) is 0 Å². The molecule has 1 aromatic rings. The Labute approximate surface area is 80.7 Å². The highest BCUT2D eigenvalue weighted by molar-refractivity contribution is 5.96. The molecular weight excluding hydrogens is 185 g/mol. The fourth-order valence-electron chi connectivity index (χ4n) is 1.09. The molecule has 0 atom stereocenters. The number of carbonyl (C=O) groups excluding carboxylic acids is 1. The van der Waals surface area contributed by atoms with Crippen molar-refractivity contribution in [3.63, 3.8) is 0 Å². The van der Waals surface area contributed by atoms with Gasteiger partial charge in [-0.05, 0) is 19.1 Å². The number of hydrogen-bond acceptors (Lipinski definition) is 3. The number of carbonyl (C=O) groups is 1. The van der Waals surface area contributed by atoms with Gasteiger partial charge in [0.2, 0.25) is 0 Å². The lowest BCUT2D eigenvalue weighted by molar-refractivity contribution is 0.101. The Kier molecular flexibility index (Phi) is 2.82. The number of methoxy groups -OCH3 is 1. The van der Waals surface area contributed by atoms with E-state index >= 15 is 0 Å². The third kappa shape index (κ3) is 1.72. The Morgan fingerprint density at radius 1 is 1.57 bits per heavy atom. The molecule has 0 aliphatic heterocycles. The molecule has 14 heavy (non-hydrogen) atoms. The molecule has 4 heteroatoms. The average molecular weight is 193 g/mol. The summed E-state index contributed by atoms with van der Waals surface area (Å²) in [4.78, 5) is 11.1. The minimum Gasteiger partial charge on any atom is -0.494 e. The van der Waals surface area contributed by atoms with Crippen molar-refractivity contribution >= 4 is 5.78 Å². The molecule has 0 N–H and O–H groups in total. The number of hydrogen-bond donors (Lipinski definition) is 0. The number of rotatable bonds is 2. The Morgan fingerprint density at radius 3 is 2.64 bits per heavy atom. The summed E-state index contributed by atoms with van der Waals surface area (Å²) < 4.78 is 17.8. The topological polar surface area (TPSA) is 50.1 Å². The second-order valence-electron chi connectivity index (χ2n) is 2.70. The summed E-state index contributed by atoms with van der Waals surface area (Å²) in [5.74, 6) is -0.969. The van der Waals surface area contributed by atoms with Gasteiger partial charge in [0.1, 0.15) is 0 Å². The molecule has 0 heterocycles. The third-order valence-electron chi connectivity index (χ3n) is 1.79. The van der Waals surface area contributed by atoms with Gasteiger partial charge in [-0.1, -0.05) is 0 Å². The van der Waals surface area contributed by atoms with Crippen molar-refractivity contribution in [1.29, 1.82) is 5.26 Å². The van der Waals surface area contributed by atoms with Crippen molar-refractivity contribution in [2.75, 3.05) is 7.11 Å². The second kappa shape index (κ2) is 3.88. The van der Waals surface area contributed by atoms with Gasteiger partial charge in [-0.15, -0.1) is 0 Å². The van der Waals surface area contributed by atoms with Crippen LogP contribution in [0.2, 0.25) is 0 Å². The number of halogens is 1. The van der Waals surface area contributed by atoms with Gasteiger partial charge >= 0.3 is 0 Å². The van der Waals surface area contributed by atoms with Gasteiger partial charge in [-0.25, -0.2) is 4.39 Å². The summed E-state index contributed by atoms with van der Waals surface area (Å²) >= 11 is 0. The maximum Gasteiger partial charge on any atom is 0.166 e. The van der Waals surface area contributed by atoms with E-state index in [4.69, 9.17) is 10.00 Å². The van der Waals surface area contributed by atoms with E-state index in [1.807, 2.05) is 0 Å². The second-order valence-corrected chi connectivity index (χ2v) is 2.70. The van der Waals surface area contributed by atoms with Crippen LogP contribution < -0.4 is 4.74 Å². The molecule has 72 valence electrons. The first-order valence-corrected chi connectivity index (χ1v) is 3.88. The predicted octanol–water partition coefficient (Wildman–Crippen LogP) is 1.91. The van der Waals surface area contributed by atoms with Gasteiger partial charge in [0.15, 0.2) is 17.3 Å². The standard InChI is InChI=1S/C10H8FNO2/c1-6(13)8-4-10(14-2)9(11)3-7(8)5-12/h3-4H,1-2H3. The molecule has 0 aliphatic carbocycles. The first kappa shape index (κ1) is 10.2. The van der Waals surface area contributed by atoms with Gasteiger partial charge in [0.25, 0.3) is 0 Å². The molecule has 0 saturated carbocycles. The van der Waals surface area contributed by atoms with Crippen LogP contribution in [0.1, 0.15) is 22.8 Å². The minimum absolute atomic E-state index is 0.0239. The smallest absolute Gasteiger partial charge is 0.166 e. The number of Topliss-reactive ketones (excluding diaryl/α,β-unsaturated/α-hetero) is 1. The maximum absolute atomic E-state index is 13.1. The zero-order valence-corrected chi connectivity index (χ0v) is 7.80. The normalized spacial score (nSPS) is 9.29. The lowest BCUT2D eigenvalue weighted by Crippen LogP contribution is -2.00. The largest absolute Gasteiger partial charge is 0.494 e. The van der Waals surface area contributed by atoms with Crippen LogP contribution in [0.25, 0.3) is 0 Å². The van der Waals surface area contributed by atoms with Crippen LogP contribution in [0, 0.1) is 17.1 Å². The van der Waals surface area contributed by atoms with E-state index in [0.717, 1.165) is 6.07 Å². The SMILES string of the molecule is COc1cc(C(C)=O)c(C#N)cc1F. The van der Waals surface area contributed by atoms with Gasteiger partial charge in [0.05, 0.1) is 18.7 Å².